The highest BCUT2D eigenvalue weighted by atomic mass is 16.5. The molecule has 1 aliphatic rings. The van der Waals surface area contributed by atoms with Gasteiger partial charge in [-0.3, -0.25) is 0 Å². The van der Waals surface area contributed by atoms with Crippen molar-refractivity contribution in [3.8, 4) is 67.1 Å². The maximum atomic E-state index is 6.56. The molecule has 0 N–H and O–H groups in total. The van der Waals surface area contributed by atoms with Crippen LogP contribution in [0.1, 0.15) is 0 Å². The SMILES string of the molecule is c1ccc(-c2ccc3c(c2)-c2cccc4c(-c5ccc6c(-c7cc8ccc9ccc(-c%10ccccc%10)c%10ccc(c7)c8c9%10)cccc6c5)ccc(c24)O3)cc1. The van der Waals surface area contributed by atoms with Crippen LogP contribution in [0.4, 0.5) is 0 Å². The minimum absolute atomic E-state index is 0.898. The van der Waals surface area contributed by atoms with Crippen molar-refractivity contribution >= 4 is 53.9 Å². The van der Waals surface area contributed by atoms with Gasteiger partial charge in [0.1, 0.15) is 11.5 Å². The van der Waals surface area contributed by atoms with E-state index in [1.165, 1.54) is 98.5 Å². The zero-order chi connectivity index (χ0) is 36.0. The Morgan fingerprint density at radius 3 is 1.69 bits per heavy atom. The van der Waals surface area contributed by atoms with Crippen LogP contribution in [-0.2, 0) is 0 Å². The van der Waals surface area contributed by atoms with E-state index in [1.807, 2.05) is 0 Å². The van der Waals surface area contributed by atoms with Crippen LogP contribution in [0.15, 0.2) is 194 Å². The van der Waals surface area contributed by atoms with Crippen LogP contribution >= 0.6 is 0 Å². The molecule has 11 aromatic rings. The summed E-state index contributed by atoms with van der Waals surface area (Å²) in [6.45, 7) is 0. The lowest BCUT2D eigenvalue weighted by molar-refractivity contribution is 0.487. The average molecular weight is 697 g/mol. The molecule has 0 fully saturated rings. The van der Waals surface area contributed by atoms with Crippen molar-refractivity contribution in [2.24, 2.45) is 0 Å². The summed E-state index contributed by atoms with van der Waals surface area (Å²) in [4.78, 5) is 0. The van der Waals surface area contributed by atoms with Gasteiger partial charge >= 0.3 is 0 Å². The van der Waals surface area contributed by atoms with E-state index in [0.717, 1.165) is 22.4 Å². The van der Waals surface area contributed by atoms with Gasteiger partial charge in [-0.2, -0.15) is 0 Å². The molecule has 0 atom stereocenters. The van der Waals surface area contributed by atoms with E-state index < -0.39 is 0 Å². The van der Waals surface area contributed by atoms with Gasteiger partial charge in [-0.05, 0) is 135 Å². The van der Waals surface area contributed by atoms with E-state index >= 15 is 0 Å². The van der Waals surface area contributed by atoms with Gasteiger partial charge in [0, 0.05) is 10.9 Å². The first-order valence-electron chi connectivity index (χ1n) is 19.0. The van der Waals surface area contributed by atoms with Crippen molar-refractivity contribution < 1.29 is 4.74 Å². The van der Waals surface area contributed by atoms with Crippen LogP contribution in [-0.4, -0.2) is 0 Å². The molecule has 55 heavy (non-hydrogen) atoms. The number of hydrogen-bond donors (Lipinski definition) is 0. The molecule has 0 aliphatic carbocycles. The van der Waals surface area contributed by atoms with Crippen LogP contribution in [0.25, 0.3) is 109 Å². The maximum Gasteiger partial charge on any atom is 0.135 e. The second kappa shape index (κ2) is 11.6. The Morgan fingerprint density at radius 1 is 0.236 bits per heavy atom. The first-order chi connectivity index (χ1) is 27.2. The zero-order valence-corrected chi connectivity index (χ0v) is 29.9. The quantitative estimate of drug-likeness (QED) is 0.166. The molecule has 0 unspecified atom stereocenters. The first-order valence-corrected chi connectivity index (χ1v) is 19.0. The predicted molar refractivity (Wildman–Crippen MR) is 232 cm³/mol. The van der Waals surface area contributed by atoms with Gasteiger partial charge in [0.15, 0.2) is 0 Å². The lowest BCUT2D eigenvalue weighted by Crippen LogP contribution is -1.98. The van der Waals surface area contributed by atoms with E-state index in [9.17, 15) is 0 Å². The Bertz CT molecular complexity index is 3300. The van der Waals surface area contributed by atoms with Gasteiger partial charge in [-0.15, -0.1) is 0 Å². The summed E-state index contributed by atoms with van der Waals surface area (Å²) < 4.78 is 6.56. The number of benzene rings is 11. The van der Waals surface area contributed by atoms with Crippen LogP contribution < -0.4 is 4.74 Å². The lowest BCUT2D eigenvalue weighted by Gasteiger charge is -2.23. The van der Waals surface area contributed by atoms with E-state index in [-0.39, 0.29) is 0 Å². The van der Waals surface area contributed by atoms with Crippen LogP contribution in [0.2, 0.25) is 0 Å². The van der Waals surface area contributed by atoms with Gasteiger partial charge < -0.3 is 4.74 Å². The van der Waals surface area contributed by atoms with Crippen molar-refractivity contribution in [2.45, 2.75) is 0 Å². The summed E-state index contributed by atoms with van der Waals surface area (Å²) in [5.74, 6) is 1.80. The van der Waals surface area contributed by atoms with Gasteiger partial charge in [0.2, 0.25) is 0 Å². The summed E-state index contributed by atoms with van der Waals surface area (Å²) >= 11 is 0. The van der Waals surface area contributed by atoms with E-state index in [1.54, 1.807) is 0 Å². The largest absolute Gasteiger partial charge is 0.456 e. The molecule has 1 nitrogen and oxygen atoms in total. The Hall–Kier alpha value is -7.22. The molecule has 1 heteroatoms. The Kier molecular flexibility index (Phi) is 6.40. The number of rotatable bonds is 4. The number of fused-ring (bicyclic) bond motifs is 3. The molecule has 0 bridgehead atoms. The summed E-state index contributed by atoms with van der Waals surface area (Å²) in [5.41, 5.74) is 12.1. The lowest BCUT2D eigenvalue weighted by atomic mass is 9.87. The van der Waals surface area contributed by atoms with Crippen molar-refractivity contribution in [2.75, 3.05) is 0 Å². The maximum absolute atomic E-state index is 6.56. The number of ether oxygens (including phenoxy) is 1. The second-order valence-corrected chi connectivity index (χ2v) is 14.8. The molecule has 254 valence electrons. The smallest absolute Gasteiger partial charge is 0.135 e. The third-order valence-electron chi connectivity index (χ3n) is 11.8. The monoisotopic (exact) mass is 696 g/mol. The molecule has 0 spiro atoms. The molecule has 0 saturated carbocycles. The van der Waals surface area contributed by atoms with E-state index in [0.29, 0.717) is 0 Å². The van der Waals surface area contributed by atoms with Gasteiger partial charge in [-0.1, -0.05) is 158 Å². The summed E-state index contributed by atoms with van der Waals surface area (Å²) in [6.07, 6.45) is 0. The van der Waals surface area contributed by atoms with Crippen molar-refractivity contribution in [1.82, 2.24) is 0 Å². The molecule has 1 heterocycles. The fourth-order valence-electron chi connectivity index (χ4n) is 9.24. The second-order valence-electron chi connectivity index (χ2n) is 14.8. The van der Waals surface area contributed by atoms with Crippen molar-refractivity contribution in [3.05, 3.63) is 194 Å². The normalized spacial score (nSPS) is 12.1. The van der Waals surface area contributed by atoms with Crippen LogP contribution in [0, 0.1) is 0 Å². The topological polar surface area (TPSA) is 9.23 Å². The Labute approximate surface area is 318 Å². The number of hydrogen-bond acceptors (Lipinski definition) is 1. The molecule has 12 rings (SSSR count). The Balaban J connectivity index is 0.972. The van der Waals surface area contributed by atoms with Crippen molar-refractivity contribution in [3.63, 3.8) is 0 Å². The predicted octanol–water partition coefficient (Wildman–Crippen LogP) is 15.3. The van der Waals surface area contributed by atoms with Crippen LogP contribution in [0.3, 0.4) is 0 Å². The third-order valence-corrected chi connectivity index (χ3v) is 11.8. The molecule has 1 aliphatic heterocycles. The van der Waals surface area contributed by atoms with E-state index in [2.05, 4.69) is 194 Å². The highest BCUT2D eigenvalue weighted by Gasteiger charge is 2.23. The van der Waals surface area contributed by atoms with Gasteiger partial charge in [0.05, 0.1) is 0 Å². The minimum Gasteiger partial charge on any atom is -0.456 e. The van der Waals surface area contributed by atoms with E-state index in [4.69, 9.17) is 4.74 Å². The molecule has 0 aromatic heterocycles. The molecule has 0 radical (unpaired) electrons. The summed E-state index contributed by atoms with van der Waals surface area (Å²) in [7, 11) is 0. The van der Waals surface area contributed by atoms with Gasteiger partial charge in [-0.25, -0.2) is 0 Å². The summed E-state index contributed by atoms with van der Waals surface area (Å²) in [5, 5.41) is 12.6. The molecule has 0 amide bonds. The summed E-state index contributed by atoms with van der Waals surface area (Å²) in [6, 6.07) is 71.0. The highest BCUT2D eigenvalue weighted by Crippen LogP contribution is 2.50. The molecule has 0 saturated heterocycles. The molecule has 11 aromatic carbocycles. The average Bonchev–Trinajstić information content (AvgIpc) is 3.25. The highest BCUT2D eigenvalue weighted by molar-refractivity contribution is 6.26. The first kappa shape index (κ1) is 30.3. The standard InChI is InChI=1S/C54H32O/c1-3-9-33(10-4-1)36-22-27-50-49(32-36)47-16-8-15-46-45(26-28-51(55-50)54(46)47)38-20-24-44-37(29-38)13-7-14-42(44)41-30-39-18-17-35-19-23-43(34-11-5-2-6-12-34)48-25-21-40(31-41)52(39)53(35)48/h1-32H. The van der Waals surface area contributed by atoms with Crippen molar-refractivity contribution in [1.29, 1.82) is 0 Å². The zero-order valence-electron chi connectivity index (χ0n) is 29.9. The fraction of sp³-hybridized carbons (Fsp3) is 0. The minimum atomic E-state index is 0.898. The van der Waals surface area contributed by atoms with Crippen LogP contribution in [0.5, 0.6) is 11.5 Å². The Morgan fingerprint density at radius 2 is 0.836 bits per heavy atom. The fourth-order valence-corrected chi connectivity index (χ4v) is 9.24. The third kappa shape index (κ3) is 4.60. The molecular weight excluding hydrogens is 665 g/mol. The van der Waals surface area contributed by atoms with Gasteiger partial charge in [0.25, 0.3) is 0 Å². The molecular formula is C54H32O.